The molecule has 31 heavy (non-hydrogen) atoms. The smallest absolute Gasteiger partial charge is 0.419 e. The zero-order valence-electron chi connectivity index (χ0n) is 17.6. The average Bonchev–Trinajstić information content (AvgIpc) is 3.41. The van der Waals surface area contributed by atoms with E-state index in [9.17, 15) is 13.2 Å². The lowest BCUT2D eigenvalue weighted by Crippen LogP contribution is -2.17. The molecule has 1 fully saturated rings. The second-order valence-electron chi connectivity index (χ2n) is 7.73. The quantitative estimate of drug-likeness (QED) is 0.330. The maximum absolute atomic E-state index is 13.6. The van der Waals surface area contributed by atoms with Crippen LogP contribution in [-0.2, 0) is 6.18 Å². The van der Waals surface area contributed by atoms with E-state index in [1.54, 1.807) is 0 Å². The number of likely N-dealkylation sites (tertiary alicyclic amines) is 1. The number of aromatic nitrogens is 2. The maximum Gasteiger partial charge on any atom is 0.419 e. The van der Waals surface area contributed by atoms with E-state index in [0.717, 1.165) is 38.2 Å². The van der Waals surface area contributed by atoms with E-state index in [1.807, 2.05) is 0 Å². The zero-order valence-corrected chi connectivity index (χ0v) is 17.6. The summed E-state index contributed by atoms with van der Waals surface area (Å²) in [7, 11) is 0. The van der Waals surface area contributed by atoms with Crippen molar-refractivity contribution in [3.8, 4) is 23.3 Å². The molecule has 0 unspecified atom stereocenters. The third-order valence-corrected chi connectivity index (χ3v) is 5.41. The predicted molar refractivity (Wildman–Crippen MR) is 108 cm³/mol. The first kappa shape index (κ1) is 22.9. The molecule has 0 radical (unpaired) electrons. The highest BCUT2D eigenvalue weighted by Crippen LogP contribution is 2.39. The normalized spacial score (nSPS) is 16.5. The highest BCUT2D eigenvalue weighted by Gasteiger charge is 2.35. The third kappa shape index (κ3) is 5.90. The first-order chi connectivity index (χ1) is 14.9. The van der Waals surface area contributed by atoms with Crippen LogP contribution in [0.15, 0.2) is 22.7 Å². The molecule has 1 aliphatic rings. The molecular weight excluding hydrogens is 409 g/mol. The van der Waals surface area contributed by atoms with E-state index in [1.165, 1.54) is 23.5 Å². The second-order valence-corrected chi connectivity index (χ2v) is 7.73. The van der Waals surface area contributed by atoms with Crippen LogP contribution in [0, 0.1) is 11.5 Å². The van der Waals surface area contributed by atoms with Gasteiger partial charge in [-0.1, -0.05) is 44.2 Å². The van der Waals surface area contributed by atoms with Crippen LogP contribution >= 0.6 is 0 Å². The van der Waals surface area contributed by atoms with Crippen molar-refractivity contribution in [2.75, 3.05) is 13.2 Å². The van der Waals surface area contributed by atoms with Crippen LogP contribution in [0.5, 0.6) is 5.75 Å². The van der Waals surface area contributed by atoms with Crippen LogP contribution in [-0.4, -0.2) is 28.2 Å². The molecular formula is C22H27F3N4O2. The SMILES string of the molecule is CCCCCCCCOc1ccc(-c2noc([C@@H]3CCCN3C#N)n2)cc1C(F)(F)F. The monoisotopic (exact) mass is 436 g/mol. The van der Waals surface area contributed by atoms with Crippen LogP contribution in [0.1, 0.15) is 75.8 Å². The predicted octanol–water partition coefficient (Wildman–Crippen LogP) is 6.11. The summed E-state index contributed by atoms with van der Waals surface area (Å²) in [4.78, 5) is 5.79. The van der Waals surface area contributed by atoms with E-state index in [-0.39, 0.29) is 35.7 Å². The van der Waals surface area contributed by atoms with Gasteiger partial charge in [0, 0.05) is 12.1 Å². The Kier molecular flexibility index (Phi) is 7.77. The minimum Gasteiger partial charge on any atom is -0.493 e. The molecule has 2 heterocycles. The fourth-order valence-corrected chi connectivity index (χ4v) is 3.71. The molecule has 1 atom stereocenters. The summed E-state index contributed by atoms with van der Waals surface area (Å²) in [6.45, 7) is 2.98. The van der Waals surface area contributed by atoms with Gasteiger partial charge >= 0.3 is 6.18 Å². The Morgan fingerprint density at radius 3 is 2.74 bits per heavy atom. The molecule has 1 saturated heterocycles. The number of alkyl halides is 3. The number of nitriles is 1. The van der Waals surface area contributed by atoms with Crippen molar-refractivity contribution in [1.29, 1.82) is 5.26 Å². The van der Waals surface area contributed by atoms with E-state index in [2.05, 4.69) is 23.3 Å². The number of benzene rings is 1. The summed E-state index contributed by atoms with van der Waals surface area (Å²) < 4.78 is 51.6. The van der Waals surface area contributed by atoms with E-state index in [4.69, 9.17) is 14.5 Å². The summed E-state index contributed by atoms with van der Waals surface area (Å²) >= 11 is 0. The van der Waals surface area contributed by atoms with Gasteiger partial charge in [-0.05, 0) is 37.5 Å². The van der Waals surface area contributed by atoms with Gasteiger partial charge in [-0.25, -0.2) is 0 Å². The van der Waals surface area contributed by atoms with Crippen molar-refractivity contribution < 1.29 is 22.4 Å². The van der Waals surface area contributed by atoms with Crippen LogP contribution in [0.25, 0.3) is 11.4 Å². The Morgan fingerprint density at radius 1 is 1.23 bits per heavy atom. The molecule has 9 heteroatoms. The van der Waals surface area contributed by atoms with Gasteiger partial charge in [-0.3, -0.25) is 4.90 Å². The Morgan fingerprint density at radius 2 is 2.00 bits per heavy atom. The third-order valence-electron chi connectivity index (χ3n) is 5.41. The number of unbranched alkanes of at least 4 members (excludes halogenated alkanes) is 5. The van der Waals surface area contributed by atoms with Gasteiger partial charge < -0.3 is 9.26 Å². The van der Waals surface area contributed by atoms with E-state index < -0.39 is 11.7 Å². The van der Waals surface area contributed by atoms with E-state index in [0.29, 0.717) is 19.4 Å². The molecule has 168 valence electrons. The molecule has 1 aliphatic heterocycles. The molecule has 6 nitrogen and oxygen atoms in total. The van der Waals surface area contributed by atoms with Crippen LogP contribution < -0.4 is 4.74 Å². The first-order valence-electron chi connectivity index (χ1n) is 10.8. The molecule has 0 N–H and O–H groups in total. The Hall–Kier alpha value is -2.76. The highest BCUT2D eigenvalue weighted by molar-refractivity contribution is 5.59. The van der Waals surface area contributed by atoms with Gasteiger partial charge in [0.1, 0.15) is 11.8 Å². The van der Waals surface area contributed by atoms with Crippen LogP contribution in [0.2, 0.25) is 0 Å². The van der Waals surface area contributed by atoms with Crippen molar-refractivity contribution in [2.24, 2.45) is 0 Å². The number of nitrogens with zero attached hydrogens (tertiary/aromatic N) is 4. The standard InChI is InChI=1S/C22H27F3N4O2/c1-2-3-4-5-6-7-13-30-19-11-10-16(14-17(19)22(23,24)25)20-27-21(31-28-20)18-9-8-12-29(18)15-26/h10-11,14,18H,2-9,12-13H2,1H3/t18-/m0/s1. The summed E-state index contributed by atoms with van der Waals surface area (Å²) in [6, 6.07) is 3.47. The Labute approximate surface area is 180 Å². The van der Waals surface area contributed by atoms with Crippen LogP contribution in [0.4, 0.5) is 13.2 Å². The Bertz CT molecular complexity index is 892. The largest absolute Gasteiger partial charge is 0.493 e. The molecule has 0 amide bonds. The first-order valence-corrected chi connectivity index (χ1v) is 10.8. The minimum atomic E-state index is -4.57. The molecule has 0 spiro atoms. The molecule has 0 bridgehead atoms. The average molecular weight is 436 g/mol. The summed E-state index contributed by atoms with van der Waals surface area (Å²) in [5.74, 6) is 0.110. The molecule has 0 saturated carbocycles. The number of hydrogen-bond acceptors (Lipinski definition) is 6. The van der Waals surface area contributed by atoms with Crippen molar-refractivity contribution in [3.05, 3.63) is 29.7 Å². The van der Waals surface area contributed by atoms with Gasteiger partial charge in [-0.2, -0.15) is 23.4 Å². The summed E-state index contributed by atoms with van der Waals surface area (Å²) in [5.41, 5.74) is -0.669. The van der Waals surface area contributed by atoms with Gasteiger partial charge in [0.25, 0.3) is 0 Å². The van der Waals surface area contributed by atoms with Gasteiger partial charge in [0.15, 0.2) is 6.19 Å². The number of hydrogen-bond donors (Lipinski definition) is 0. The van der Waals surface area contributed by atoms with Gasteiger partial charge in [0.2, 0.25) is 11.7 Å². The molecule has 2 aromatic rings. The lowest BCUT2D eigenvalue weighted by molar-refractivity contribution is -0.138. The van der Waals surface area contributed by atoms with E-state index >= 15 is 0 Å². The molecule has 3 rings (SSSR count). The summed E-state index contributed by atoms with van der Waals surface area (Å²) in [5, 5.41) is 13.0. The topological polar surface area (TPSA) is 75.2 Å². The van der Waals surface area contributed by atoms with Crippen molar-refractivity contribution in [2.45, 2.75) is 70.5 Å². The maximum atomic E-state index is 13.6. The van der Waals surface area contributed by atoms with Crippen molar-refractivity contribution >= 4 is 0 Å². The molecule has 1 aromatic heterocycles. The van der Waals surface area contributed by atoms with Crippen molar-refractivity contribution in [1.82, 2.24) is 15.0 Å². The lowest BCUT2D eigenvalue weighted by atomic mass is 10.1. The molecule has 1 aromatic carbocycles. The summed E-state index contributed by atoms with van der Waals surface area (Å²) in [6.07, 6.45) is 5.19. The van der Waals surface area contributed by atoms with Gasteiger partial charge in [0.05, 0.1) is 12.2 Å². The lowest BCUT2D eigenvalue weighted by Gasteiger charge is -2.15. The fraction of sp³-hybridized carbons (Fsp3) is 0.591. The second kappa shape index (κ2) is 10.5. The number of rotatable bonds is 10. The Balaban J connectivity index is 1.70. The molecule has 0 aliphatic carbocycles. The highest BCUT2D eigenvalue weighted by atomic mass is 19.4. The zero-order chi connectivity index (χ0) is 22.3. The fourth-order valence-electron chi connectivity index (χ4n) is 3.71. The number of halogens is 3. The van der Waals surface area contributed by atoms with Gasteiger partial charge in [-0.15, -0.1) is 0 Å². The minimum absolute atomic E-state index is 0.0627. The van der Waals surface area contributed by atoms with Crippen LogP contribution in [0.3, 0.4) is 0 Å². The van der Waals surface area contributed by atoms with Crippen molar-refractivity contribution in [3.63, 3.8) is 0 Å². The number of ether oxygens (including phenoxy) is 1.